The summed E-state index contributed by atoms with van der Waals surface area (Å²) in [5.41, 5.74) is -0.534. The van der Waals surface area contributed by atoms with E-state index in [1.165, 1.54) is 0 Å². The maximum Gasteiger partial charge on any atom is 0.410 e. The summed E-state index contributed by atoms with van der Waals surface area (Å²) in [6.07, 6.45) is -0.615. The second kappa shape index (κ2) is 9.63. The number of halogens is 1. The van der Waals surface area contributed by atoms with Crippen molar-refractivity contribution >= 4 is 30.3 Å². The average molecular weight is 475 g/mol. The lowest BCUT2D eigenvalue weighted by atomic mass is 10.2. The molecule has 0 aromatic heterocycles. The third kappa shape index (κ3) is 8.53. The van der Waals surface area contributed by atoms with Crippen molar-refractivity contribution in [1.29, 1.82) is 0 Å². The molecule has 0 aliphatic rings. The fourth-order valence-electron chi connectivity index (χ4n) is 2.18. The molecule has 28 heavy (non-hydrogen) atoms. The van der Waals surface area contributed by atoms with Gasteiger partial charge in [-0.2, -0.15) is 0 Å². The third-order valence-electron chi connectivity index (χ3n) is 4.68. The van der Waals surface area contributed by atoms with Crippen LogP contribution in [0.5, 0.6) is 5.75 Å². The largest absolute Gasteiger partial charge is 0.491 e. The summed E-state index contributed by atoms with van der Waals surface area (Å²) in [5, 5.41) is 0.0610. The van der Waals surface area contributed by atoms with Gasteiger partial charge < -0.3 is 18.8 Å². The van der Waals surface area contributed by atoms with Crippen LogP contribution in [0.3, 0.4) is 0 Å². The van der Waals surface area contributed by atoms with Crippen molar-refractivity contribution in [3.8, 4) is 5.75 Å². The molecule has 0 heterocycles. The van der Waals surface area contributed by atoms with E-state index in [-0.39, 0.29) is 17.2 Å². The van der Waals surface area contributed by atoms with E-state index >= 15 is 0 Å². The lowest BCUT2D eigenvalue weighted by Gasteiger charge is -2.40. The minimum Gasteiger partial charge on any atom is -0.491 e. The van der Waals surface area contributed by atoms with Crippen LogP contribution in [0.2, 0.25) is 18.1 Å². The lowest BCUT2D eigenvalue weighted by molar-refractivity contribution is 0.0172. The van der Waals surface area contributed by atoms with E-state index in [2.05, 4.69) is 49.8 Å². The Bertz CT molecular complexity index is 653. The van der Waals surface area contributed by atoms with E-state index in [4.69, 9.17) is 13.9 Å². The second-order valence-corrected chi connectivity index (χ2v) is 15.3. The Balaban J connectivity index is 2.89. The van der Waals surface area contributed by atoms with Crippen LogP contribution in [0.1, 0.15) is 41.5 Å². The SMILES string of the molecule is CN(C[C@H](COc1cccc(Br)c1)O[Si](C)(C)C(C)(C)C)C(=O)OC(C)(C)C. The Kier molecular flexibility index (Phi) is 8.59. The number of benzene rings is 1. The van der Waals surface area contributed by atoms with Crippen LogP contribution in [-0.4, -0.2) is 51.2 Å². The van der Waals surface area contributed by atoms with Gasteiger partial charge in [-0.1, -0.05) is 42.8 Å². The van der Waals surface area contributed by atoms with E-state index in [0.717, 1.165) is 10.2 Å². The molecule has 1 amide bonds. The number of carbonyl (C=O) groups excluding carboxylic acids is 1. The van der Waals surface area contributed by atoms with Crippen LogP contribution in [0.25, 0.3) is 0 Å². The van der Waals surface area contributed by atoms with Gasteiger partial charge in [-0.25, -0.2) is 4.79 Å². The van der Waals surface area contributed by atoms with Gasteiger partial charge in [-0.3, -0.25) is 0 Å². The minimum atomic E-state index is -2.03. The predicted octanol–water partition coefficient (Wildman–Crippen LogP) is 6.09. The Hall–Kier alpha value is -1.05. The summed E-state index contributed by atoms with van der Waals surface area (Å²) in [4.78, 5) is 14.0. The molecule has 0 N–H and O–H groups in total. The number of carbonyl (C=O) groups is 1. The van der Waals surface area contributed by atoms with Crippen molar-refractivity contribution in [2.75, 3.05) is 20.2 Å². The molecular formula is C21H36BrNO4Si. The highest BCUT2D eigenvalue weighted by Gasteiger charge is 2.40. The van der Waals surface area contributed by atoms with Crippen LogP contribution >= 0.6 is 15.9 Å². The van der Waals surface area contributed by atoms with Gasteiger partial charge in [-0.05, 0) is 57.1 Å². The van der Waals surface area contributed by atoms with E-state index in [1.807, 2.05) is 45.0 Å². The van der Waals surface area contributed by atoms with Gasteiger partial charge in [0.25, 0.3) is 0 Å². The lowest BCUT2D eigenvalue weighted by Crippen LogP contribution is -2.49. The highest BCUT2D eigenvalue weighted by Crippen LogP contribution is 2.37. The summed E-state index contributed by atoms with van der Waals surface area (Å²) in [7, 11) is -0.302. The van der Waals surface area contributed by atoms with Gasteiger partial charge in [0.1, 0.15) is 18.0 Å². The number of rotatable bonds is 7. The smallest absolute Gasteiger partial charge is 0.410 e. The molecule has 1 rings (SSSR count). The van der Waals surface area contributed by atoms with Gasteiger partial charge >= 0.3 is 6.09 Å². The molecule has 1 atom stereocenters. The molecule has 1 aromatic carbocycles. The summed E-state index contributed by atoms with van der Waals surface area (Å²) in [6.45, 7) is 17.3. The van der Waals surface area contributed by atoms with Crippen LogP contribution in [-0.2, 0) is 9.16 Å². The Morgan fingerprint density at radius 1 is 1.18 bits per heavy atom. The molecule has 7 heteroatoms. The normalized spacial score (nSPS) is 13.8. The first kappa shape index (κ1) is 25.0. The van der Waals surface area contributed by atoms with Gasteiger partial charge in [0.05, 0.1) is 12.6 Å². The van der Waals surface area contributed by atoms with E-state index in [0.29, 0.717) is 13.2 Å². The van der Waals surface area contributed by atoms with Crippen molar-refractivity contribution in [2.24, 2.45) is 0 Å². The molecule has 0 unspecified atom stereocenters. The number of hydrogen-bond donors (Lipinski definition) is 0. The molecule has 160 valence electrons. The fourth-order valence-corrected chi connectivity index (χ4v) is 3.89. The summed E-state index contributed by atoms with van der Waals surface area (Å²) in [5.74, 6) is 0.762. The van der Waals surface area contributed by atoms with Crippen molar-refractivity contribution < 1.29 is 18.7 Å². The molecule has 0 spiro atoms. The standard InChI is InChI=1S/C21H36BrNO4Si/c1-20(2,3)26-19(24)23(7)14-18(27-28(8,9)21(4,5)6)15-25-17-12-10-11-16(22)13-17/h10-13,18H,14-15H2,1-9H3/t18-/m1/s1. The summed E-state index contributed by atoms with van der Waals surface area (Å²) < 4.78 is 19.0. The van der Waals surface area contributed by atoms with Crippen molar-refractivity contribution in [1.82, 2.24) is 4.90 Å². The zero-order valence-electron chi connectivity index (χ0n) is 18.8. The number of amides is 1. The molecule has 0 aliphatic heterocycles. The van der Waals surface area contributed by atoms with E-state index in [1.54, 1.807) is 11.9 Å². The first-order valence-corrected chi connectivity index (χ1v) is 13.3. The predicted molar refractivity (Wildman–Crippen MR) is 121 cm³/mol. The van der Waals surface area contributed by atoms with Crippen molar-refractivity contribution in [3.05, 3.63) is 28.7 Å². The maximum atomic E-state index is 12.4. The van der Waals surface area contributed by atoms with Crippen LogP contribution in [0.4, 0.5) is 4.79 Å². The third-order valence-corrected chi connectivity index (χ3v) is 9.71. The van der Waals surface area contributed by atoms with Gasteiger partial charge in [0, 0.05) is 11.5 Å². The van der Waals surface area contributed by atoms with Crippen LogP contribution in [0.15, 0.2) is 28.7 Å². The number of nitrogens with zero attached hydrogens (tertiary/aromatic N) is 1. The molecule has 5 nitrogen and oxygen atoms in total. The number of likely N-dealkylation sites (N-methyl/N-ethyl adjacent to an activating group) is 1. The minimum absolute atomic E-state index is 0.0610. The second-order valence-electron chi connectivity index (χ2n) is 9.63. The van der Waals surface area contributed by atoms with E-state index in [9.17, 15) is 4.79 Å². The number of hydrogen-bond acceptors (Lipinski definition) is 4. The number of ether oxygens (including phenoxy) is 2. The van der Waals surface area contributed by atoms with Gasteiger partial charge in [-0.15, -0.1) is 0 Å². The monoisotopic (exact) mass is 473 g/mol. The highest BCUT2D eigenvalue weighted by molar-refractivity contribution is 9.10. The van der Waals surface area contributed by atoms with Crippen molar-refractivity contribution in [3.63, 3.8) is 0 Å². The fraction of sp³-hybridized carbons (Fsp3) is 0.667. The molecular weight excluding hydrogens is 438 g/mol. The van der Waals surface area contributed by atoms with Gasteiger partial charge in [0.2, 0.25) is 0 Å². The average Bonchev–Trinajstić information content (AvgIpc) is 2.49. The van der Waals surface area contributed by atoms with Gasteiger partial charge in [0.15, 0.2) is 8.32 Å². The van der Waals surface area contributed by atoms with Crippen LogP contribution in [0, 0.1) is 0 Å². The Morgan fingerprint density at radius 3 is 2.29 bits per heavy atom. The zero-order chi connectivity index (χ0) is 21.8. The molecule has 0 saturated heterocycles. The maximum absolute atomic E-state index is 12.4. The molecule has 0 fully saturated rings. The molecule has 0 saturated carbocycles. The zero-order valence-corrected chi connectivity index (χ0v) is 21.3. The van der Waals surface area contributed by atoms with Crippen LogP contribution < -0.4 is 4.74 Å². The highest BCUT2D eigenvalue weighted by atomic mass is 79.9. The summed E-state index contributed by atoms with van der Waals surface area (Å²) in [6, 6.07) is 7.70. The molecule has 0 radical (unpaired) electrons. The first-order chi connectivity index (χ1) is 12.6. The summed E-state index contributed by atoms with van der Waals surface area (Å²) >= 11 is 3.46. The Morgan fingerprint density at radius 2 is 1.79 bits per heavy atom. The quantitative estimate of drug-likeness (QED) is 0.449. The van der Waals surface area contributed by atoms with Crippen molar-refractivity contribution in [2.45, 2.75) is 71.4 Å². The van der Waals surface area contributed by atoms with E-state index < -0.39 is 13.9 Å². The molecule has 0 bridgehead atoms. The Labute approximate surface area is 180 Å². The molecule has 1 aromatic rings. The molecule has 0 aliphatic carbocycles. The first-order valence-electron chi connectivity index (χ1n) is 9.61. The topological polar surface area (TPSA) is 48.0 Å².